The maximum atomic E-state index is 15.1. The molecule has 2 fully saturated rings. The third-order valence-corrected chi connectivity index (χ3v) is 37.1. The first kappa shape index (κ1) is 70.7. The fraction of sp³-hybridized carbons (Fsp3) is 0.452. The van der Waals surface area contributed by atoms with Crippen LogP contribution in [0.3, 0.4) is 0 Å². The minimum Gasteiger partial charge on any atom is -0.433 e. The molecule has 6 aromatic carbocycles. The molecule has 10 heteroatoms. The second kappa shape index (κ2) is 27.4. The summed E-state index contributed by atoms with van der Waals surface area (Å²) < 4.78 is 37.8. The quantitative estimate of drug-likeness (QED) is 0.0346. The molecule has 0 bridgehead atoms. The molecule has 0 unspecified atom stereocenters. The Labute approximate surface area is 568 Å². The molecular weight excluding hydrogens is 1210 g/mol. The lowest BCUT2D eigenvalue weighted by molar-refractivity contribution is -0.158. The van der Waals surface area contributed by atoms with E-state index in [-0.39, 0.29) is 62.7 Å². The summed E-state index contributed by atoms with van der Waals surface area (Å²) in [4.78, 5) is 29.7. The van der Waals surface area contributed by atoms with E-state index in [0.717, 1.165) is 23.1 Å². The number of esters is 1. The molecule has 0 aromatic heterocycles. The number of fused-ring (bicyclic) bond motifs is 1. The smallest absolute Gasteiger partial charge is 0.341 e. The van der Waals surface area contributed by atoms with Gasteiger partial charge in [0.2, 0.25) is 6.29 Å². The summed E-state index contributed by atoms with van der Waals surface area (Å²) in [7, 11) is -9.21. The second-order valence-corrected chi connectivity index (χ2v) is 45.5. The molecule has 0 amide bonds. The molecule has 1 aliphatic heterocycles. The lowest BCUT2D eigenvalue weighted by Crippen LogP contribution is -2.69. The van der Waals surface area contributed by atoms with Crippen molar-refractivity contribution in [1.82, 2.24) is 0 Å². The van der Waals surface area contributed by atoms with Gasteiger partial charge in [0.05, 0.1) is 18.8 Å². The summed E-state index contributed by atoms with van der Waals surface area (Å²) in [6.45, 7) is 41.3. The first-order chi connectivity index (χ1) is 44.4. The van der Waals surface area contributed by atoms with Crippen molar-refractivity contribution in [3.8, 4) is 0 Å². The van der Waals surface area contributed by atoms with E-state index in [9.17, 15) is 4.79 Å². The van der Waals surface area contributed by atoms with Crippen LogP contribution in [-0.4, -0.2) is 67.9 Å². The van der Waals surface area contributed by atoms with Gasteiger partial charge in [0.15, 0.2) is 5.60 Å². The number of aldehydes is 1. The van der Waals surface area contributed by atoms with Crippen LogP contribution < -0.4 is 31.1 Å². The molecule has 94 heavy (non-hydrogen) atoms. The molecule has 498 valence electrons. The monoisotopic (exact) mass is 1310 g/mol. The van der Waals surface area contributed by atoms with Gasteiger partial charge in [0.25, 0.3) is 25.0 Å². The molecule has 1 saturated carbocycles. The molecule has 0 radical (unpaired) electrons. The highest BCUT2D eigenvalue weighted by Crippen LogP contribution is 2.57. The van der Waals surface area contributed by atoms with Crippen LogP contribution in [0.4, 0.5) is 0 Å². The van der Waals surface area contributed by atoms with Crippen molar-refractivity contribution < 1.29 is 32.3 Å². The summed E-state index contributed by atoms with van der Waals surface area (Å²) in [6.07, 6.45) is 13.6. The molecule has 1 spiro atoms. The average molecular weight is 1310 g/mol. The minimum absolute atomic E-state index is 0.0104. The van der Waals surface area contributed by atoms with Crippen LogP contribution >= 0.6 is 0 Å². The zero-order valence-corrected chi connectivity index (χ0v) is 62.7. The Balaban J connectivity index is 1.10. The average Bonchev–Trinajstić information content (AvgIpc) is 0.750. The minimum atomic E-state index is -3.25. The predicted molar refractivity (Wildman–Crippen MR) is 396 cm³/mol. The molecule has 0 N–H and O–H groups in total. The molecule has 12 atom stereocenters. The molecule has 3 aliphatic carbocycles. The van der Waals surface area contributed by atoms with Gasteiger partial charge in [-0.05, 0) is 114 Å². The Bertz CT molecular complexity index is 3550. The van der Waals surface area contributed by atoms with Gasteiger partial charge in [0.1, 0.15) is 6.29 Å². The van der Waals surface area contributed by atoms with Crippen molar-refractivity contribution in [2.24, 2.45) is 52.3 Å². The van der Waals surface area contributed by atoms with Crippen LogP contribution in [0.2, 0.25) is 15.1 Å². The van der Waals surface area contributed by atoms with E-state index in [1.807, 2.05) is 0 Å². The number of benzene rings is 6. The Hall–Kier alpha value is -6.09. The standard InChI is InChI=1S/C84H108O7Si3/c1-59(73-51-50-72-75(83(73,18)58-85)61(3)53-62(4)76(72)91-94(82(15,16)17,70-45-33-23-34-46-70)71-47-35-24-36-48-71)49-52-74(90-93(81(12,13)14,68-41-29-21-30-42-68)69-43-31-22-32-44-69)60(2)54-65-55-64(63(5)56-84(65)77(86)88-78(89-84)79(6,7)8)57-87-92(80(9,10)11,66-37-25-19-26-38-66)67-39-27-20-28-40-67/h19-51,54-55,58,61-63,65,72-76,78H,52-53,56-57H2,1-18H3/b59-49+,60-54+/t61-,62-,63+,65-,72-,73-,74-,75+,76-,78-,83+,84-/m0/s1. The number of allylic oxidation sites excluding steroid dienone is 2. The molecule has 10 rings (SSSR count). The molecule has 6 aromatic rings. The SMILES string of the molecule is C/C(=C\[C@H]1C=C(CO[Si](c2ccccc2)(c2ccccc2)C(C)(C)C)[C@H](C)C[C@]12O[C@@H](C(C)(C)C)OC2=O)[C@H](C/C=C(\C)[C@@H]1C=C[C@@H]2[C@@H](O[Si](c3ccccc3)(c3ccccc3)C(C)(C)C)[C@@H](C)C[C@H](C)[C@H]2[C@]1(C)C=O)O[Si](c1ccccc1)(c1ccccc1)C(C)(C)C. The number of hydrogen-bond acceptors (Lipinski definition) is 7. The van der Waals surface area contributed by atoms with Crippen LogP contribution in [0.1, 0.15) is 144 Å². The van der Waals surface area contributed by atoms with E-state index in [0.29, 0.717) is 19.4 Å². The summed E-state index contributed by atoms with van der Waals surface area (Å²) in [5, 5.41) is 6.52. The highest BCUT2D eigenvalue weighted by Gasteiger charge is 2.62. The van der Waals surface area contributed by atoms with Crippen LogP contribution in [0.15, 0.2) is 229 Å². The van der Waals surface area contributed by atoms with Crippen molar-refractivity contribution >= 4 is 68.3 Å². The Morgan fingerprint density at radius 2 is 1.02 bits per heavy atom. The summed E-state index contributed by atoms with van der Waals surface area (Å²) in [5.41, 5.74) is 0.710. The first-order valence-electron chi connectivity index (χ1n) is 34.8. The number of carbonyl (C=O) groups is 2. The zero-order chi connectivity index (χ0) is 67.9. The molecule has 7 nitrogen and oxygen atoms in total. The Morgan fingerprint density at radius 3 is 1.43 bits per heavy atom. The van der Waals surface area contributed by atoms with E-state index >= 15 is 4.79 Å². The Kier molecular flexibility index (Phi) is 20.6. The lowest BCUT2D eigenvalue weighted by Gasteiger charge is -2.57. The van der Waals surface area contributed by atoms with E-state index in [1.165, 1.54) is 37.4 Å². The van der Waals surface area contributed by atoms with Crippen molar-refractivity contribution in [2.45, 2.75) is 183 Å². The zero-order valence-electron chi connectivity index (χ0n) is 59.7. The second-order valence-electron chi connectivity index (χ2n) is 32.7. The summed E-state index contributed by atoms with van der Waals surface area (Å²) >= 11 is 0. The van der Waals surface area contributed by atoms with Crippen LogP contribution in [0.5, 0.6) is 0 Å². The highest BCUT2D eigenvalue weighted by atomic mass is 28.4. The largest absolute Gasteiger partial charge is 0.433 e. The maximum absolute atomic E-state index is 15.1. The predicted octanol–water partition coefficient (Wildman–Crippen LogP) is 16.3. The third-order valence-electron chi connectivity index (χ3n) is 22.1. The van der Waals surface area contributed by atoms with E-state index in [4.69, 9.17) is 22.8 Å². The number of carbonyl (C=O) groups excluding carboxylic acids is 2. The molecule has 1 saturated heterocycles. The number of rotatable bonds is 19. The number of hydrogen-bond donors (Lipinski definition) is 0. The topological polar surface area (TPSA) is 80.3 Å². The van der Waals surface area contributed by atoms with Gasteiger partial charge in [-0.2, -0.15) is 0 Å². The Morgan fingerprint density at radius 1 is 0.596 bits per heavy atom. The number of ether oxygens (including phenoxy) is 2. The highest BCUT2D eigenvalue weighted by molar-refractivity contribution is 7.00. The summed E-state index contributed by atoms with van der Waals surface area (Å²) in [5.74, 6) is -0.602. The first-order valence-corrected chi connectivity index (χ1v) is 40.5. The maximum Gasteiger partial charge on any atom is 0.341 e. The van der Waals surface area contributed by atoms with Crippen molar-refractivity contribution in [3.05, 3.63) is 229 Å². The fourth-order valence-corrected chi connectivity index (χ4v) is 31.5. The van der Waals surface area contributed by atoms with Crippen LogP contribution in [0, 0.1) is 52.3 Å². The van der Waals surface area contributed by atoms with Gasteiger partial charge in [-0.15, -0.1) is 0 Å². The molecule has 4 aliphatic rings. The number of cyclic esters (lactones) is 1. The van der Waals surface area contributed by atoms with Gasteiger partial charge in [-0.25, -0.2) is 4.79 Å². The van der Waals surface area contributed by atoms with Crippen molar-refractivity contribution in [1.29, 1.82) is 0 Å². The lowest BCUT2D eigenvalue weighted by atomic mass is 9.51. The van der Waals surface area contributed by atoms with Crippen molar-refractivity contribution in [2.75, 3.05) is 6.61 Å². The summed E-state index contributed by atoms with van der Waals surface area (Å²) in [6, 6.07) is 65.4. The van der Waals surface area contributed by atoms with Gasteiger partial charge >= 0.3 is 5.97 Å². The van der Waals surface area contributed by atoms with Crippen molar-refractivity contribution in [3.63, 3.8) is 0 Å². The van der Waals surface area contributed by atoms with Gasteiger partial charge in [0, 0.05) is 28.6 Å². The van der Waals surface area contributed by atoms with Crippen LogP contribution in [0.25, 0.3) is 0 Å². The van der Waals surface area contributed by atoms with Gasteiger partial charge in [-0.1, -0.05) is 329 Å². The third kappa shape index (κ3) is 13.0. The normalized spacial score (nSPS) is 26.9. The molecular formula is C84H108O7Si3. The molecule has 1 heterocycles. The van der Waals surface area contributed by atoms with E-state index in [1.54, 1.807) is 0 Å². The van der Waals surface area contributed by atoms with Crippen LogP contribution in [-0.2, 0) is 32.3 Å². The van der Waals surface area contributed by atoms with E-state index in [2.05, 4.69) is 337 Å². The van der Waals surface area contributed by atoms with Gasteiger partial charge < -0.3 is 27.5 Å². The fourth-order valence-electron chi connectivity index (χ4n) is 17.4. The van der Waals surface area contributed by atoms with Gasteiger partial charge in [-0.3, -0.25) is 0 Å². The van der Waals surface area contributed by atoms with E-state index < -0.39 is 59.7 Å².